The van der Waals surface area contributed by atoms with Crippen LogP contribution in [0.5, 0.6) is 0 Å². The molecule has 0 heterocycles. The zero-order chi connectivity index (χ0) is 14.4. The summed E-state index contributed by atoms with van der Waals surface area (Å²) < 4.78 is 13.2. The van der Waals surface area contributed by atoms with Crippen LogP contribution in [0, 0.1) is 11.7 Å². The highest BCUT2D eigenvalue weighted by molar-refractivity contribution is 7.98. The molecule has 0 aliphatic heterocycles. The van der Waals surface area contributed by atoms with Crippen LogP contribution < -0.4 is 5.32 Å². The van der Waals surface area contributed by atoms with Crippen LogP contribution in [0.25, 0.3) is 0 Å². The minimum atomic E-state index is -0.947. The molecule has 2 unspecified atom stereocenters. The van der Waals surface area contributed by atoms with E-state index in [2.05, 4.69) is 5.32 Å². The number of rotatable bonds is 6. The van der Waals surface area contributed by atoms with Gasteiger partial charge in [0.05, 0.1) is 11.1 Å². The topological polar surface area (TPSA) is 49.3 Å². The number of thioether (sulfide) groups is 1. The van der Waals surface area contributed by atoms with Crippen molar-refractivity contribution in [1.82, 2.24) is 5.32 Å². The zero-order valence-electron chi connectivity index (χ0n) is 10.8. The Bertz CT molecular complexity index is 445. The fourth-order valence-electron chi connectivity index (χ4n) is 1.53. The van der Waals surface area contributed by atoms with E-state index in [-0.39, 0.29) is 23.4 Å². The predicted octanol–water partition coefficient (Wildman–Crippen LogP) is 2.63. The van der Waals surface area contributed by atoms with Crippen LogP contribution in [0.15, 0.2) is 18.2 Å². The predicted molar refractivity (Wildman–Crippen MR) is 76.9 cm³/mol. The van der Waals surface area contributed by atoms with Crippen molar-refractivity contribution >= 4 is 29.3 Å². The molecule has 0 radical (unpaired) electrons. The van der Waals surface area contributed by atoms with Gasteiger partial charge in [-0.3, -0.25) is 4.79 Å². The van der Waals surface area contributed by atoms with Crippen LogP contribution in [0.2, 0.25) is 5.02 Å². The fraction of sp³-hybridized carbons (Fsp3) is 0.462. The standard InChI is InChI=1S/C13H17ClFNO2S/c1-8(7-19-2)13(18)16-6-12(17)9-3-4-10(14)11(15)5-9/h3-5,8,12,17H,6-7H2,1-2H3,(H,16,18). The van der Waals surface area contributed by atoms with Gasteiger partial charge in [-0.05, 0) is 24.0 Å². The SMILES string of the molecule is CSCC(C)C(=O)NCC(O)c1ccc(Cl)c(F)c1. The first-order chi connectivity index (χ1) is 8.95. The molecule has 1 aromatic carbocycles. The molecule has 1 amide bonds. The van der Waals surface area contributed by atoms with Crippen LogP contribution in [0.1, 0.15) is 18.6 Å². The molecule has 0 aliphatic rings. The summed E-state index contributed by atoms with van der Waals surface area (Å²) in [5, 5.41) is 12.5. The largest absolute Gasteiger partial charge is 0.387 e. The molecule has 0 bridgehead atoms. The first kappa shape index (κ1) is 16.3. The van der Waals surface area contributed by atoms with Crippen molar-refractivity contribution in [3.8, 4) is 0 Å². The summed E-state index contributed by atoms with van der Waals surface area (Å²) in [5.41, 5.74) is 0.389. The Morgan fingerprint density at radius 3 is 2.84 bits per heavy atom. The first-order valence-corrected chi connectivity index (χ1v) is 7.62. The number of hydrogen-bond donors (Lipinski definition) is 2. The Hall–Kier alpha value is -0.780. The number of halogens is 2. The summed E-state index contributed by atoms with van der Waals surface area (Å²) >= 11 is 7.15. The minimum Gasteiger partial charge on any atom is -0.387 e. The lowest BCUT2D eigenvalue weighted by Crippen LogP contribution is -2.33. The van der Waals surface area contributed by atoms with Crippen molar-refractivity contribution in [3.63, 3.8) is 0 Å². The zero-order valence-corrected chi connectivity index (χ0v) is 12.4. The van der Waals surface area contributed by atoms with Gasteiger partial charge in [-0.1, -0.05) is 24.6 Å². The summed E-state index contributed by atoms with van der Waals surface area (Å²) in [5.74, 6) is -0.107. The van der Waals surface area contributed by atoms with Gasteiger partial charge in [-0.25, -0.2) is 4.39 Å². The summed E-state index contributed by atoms with van der Waals surface area (Å²) in [6, 6.07) is 4.09. The average molecular weight is 306 g/mol. The highest BCUT2D eigenvalue weighted by Gasteiger charge is 2.15. The second-order valence-corrected chi connectivity index (χ2v) is 5.61. The molecule has 2 N–H and O–H groups in total. The molecule has 0 saturated carbocycles. The minimum absolute atomic E-state index is 0.00794. The number of aliphatic hydroxyl groups is 1. The molecular formula is C13H17ClFNO2S. The maximum absolute atomic E-state index is 13.2. The van der Waals surface area contributed by atoms with E-state index >= 15 is 0 Å². The summed E-state index contributed by atoms with van der Waals surface area (Å²) in [4.78, 5) is 11.7. The number of aliphatic hydroxyl groups excluding tert-OH is 1. The number of benzene rings is 1. The van der Waals surface area contributed by atoms with Crippen LogP contribution in [-0.4, -0.2) is 29.6 Å². The smallest absolute Gasteiger partial charge is 0.223 e. The Morgan fingerprint density at radius 2 is 2.26 bits per heavy atom. The van der Waals surface area contributed by atoms with Crippen molar-refractivity contribution in [2.75, 3.05) is 18.6 Å². The van der Waals surface area contributed by atoms with Crippen molar-refractivity contribution in [3.05, 3.63) is 34.6 Å². The van der Waals surface area contributed by atoms with Gasteiger partial charge >= 0.3 is 0 Å². The number of nitrogens with one attached hydrogen (secondary N) is 1. The lowest BCUT2D eigenvalue weighted by atomic mass is 10.1. The third-order valence-electron chi connectivity index (χ3n) is 2.66. The van der Waals surface area contributed by atoms with Gasteiger partial charge in [0.25, 0.3) is 0 Å². The molecule has 19 heavy (non-hydrogen) atoms. The van der Waals surface area contributed by atoms with E-state index in [1.54, 1.807) is 11.8 Å². The lowest BCUT2D eigenvalue weighted by Gasteiger charge is -2.15. The van der Waals surface area contributed by atoms with E-state index < -0.39 is 11.9 Å². The van der Waals surface area contributed by atoms with Crippen LogP contribution in [0.3, 0.4) is 0 Å². The molecule has 0 aliphatic carbocycles. The second-order valence-electron chi connectivity index (χ2n) is 4.29. The van der Waals surface area contributed by atoms with Crippen molar-refractivity contribution in [1.29, 1.82) is 0 Å². The van der Waals surface area contributed by atoms with E-state index in [9.17, 15) is 14.3 Å². The maximum Gasteiger partial charge on any atom is 0.223 e. The number of carbonyl (C=O) groups excluding carboxylic acids is 1. The summed E-state index contributed by atoms with van der Waals surface area (Å²) in [7, 11) is 0. The Morgan fingerprint density at radius 1 is 1.58 bits per heavy atom. The van der Waals surface area contributed by atoms with E-state index in [1.807, 2.05) is 13.2 Å². The quantitative estimate of drug-likeness (QED) is 0.849. The van der Waals surface area contributed by atoms with Gasteiger partial charge in [-0.2, -0.15) is 11.8 Å². The molecule has 106 valence electrons. The fourth-order valence-corrected chi connectivity index (χ4v) is 2.30. The van der Waals surface area contributed by atoms with E-state index in [0.29, 0.717) is 5.56 Å². The number of amides is 1. The van der Waals surface area contributed by atoms with E-state index in [1.165, 1.54) is 18.2 Å². The summed E-state index contributed by atoms with van der Waals surface area (Å²) in [6.45, 7) is 1.87. The number of hydrogen-bond acceptors (Lipinski definition) is 3. The van der Waals surface area contributed by atoms with Gasteiger partial charge in [0.15, 0.2) is 0 Å². The highest BCUT2D eigenvalue weighted by Crippen LogP contribution is 2.20. The molecule has 0 fully saturated rings. The van der Waals surface area contributed by atoms with Gasteiger partial charge < -0.3 is 10.4 Å². The maximum atomic E-state index is 13.2. The van der Waals surface area contributed by atoms with Gasteiger partial charge in [-0.15, -0.1) is 0 Å². The Labute approximate surface area is 121 Å². The third-order valence-corrected chi connectivity index (χ3v) is 3.80. The van der Waals surface area contributed by atoms with Gasteiger partial charge in [0.1, 0.15) is 5.82 Å². The highest BCUT2D eigenvalue weighted by atomic mass is 35.5. The average Bonchev–Trinajstić information content (AvgIpc) is 2.39. The van der Waals surface area contributed by atoms with Crippen LogP contribution >= 0.6 is 23.4 Å². The van der Waals surface area contributed by atoms with Crippen LogP contribution in [0.4, 0.5) is 4.39 Å². The van der Waals surface area contributed by atoms with Gasteiger partial charge in [0, 0.05) is 18.2 Å². The van der Waals surface area contributed by atoms with Crippen molar-refractivity contribution < 1.29 is 14.3 Å². The molecule has 0 aromatic heterocycles. The van der Waals surface area contributed by atoms with Crippen molar-refractivity contribution in [2.45, 2.75) is 13.0 Å². The van der Waals surface area contributed by atoms with Gasteiger partial charge in [0.2, 0.25) is 5.91 Å². The lowest BCUT2D eigenvalue weighted by molar-refractivity contribution is -0.124. The molecule has 0 spiro atoms. The molecule has 0 saturated heterocycles. The third kappa shape index (κ3) is 5.01. The molecule has 6 heteroatoms. The number of carbonyl (C=O) groups is 1. The van der Waals surface area contributed by atoms with E-state index in [0.717, 1.165) is 5.75 Å². The first-order valence-electron chi connectivity index (χ1n) is 5.85. The molecular weight excluding hydrogens is 289 g/mol. The Kier molecular flexibility index (Phi) is 6.62. The molecule has 3 nitrogen and oxygen atoms in total. The molecule has 2 atom stereocenters. The summed E-state index contributed by atoms with van der Waals surface area (Å²) in [6.07, 6.45) is 0.979. The van der Waals surface area contributed by atoms with Crippen molar-refractivity contribution in [2.24, 2.45) is 5.92 Å². The molecule has 1 rings (SSSR count). The monoisotopic (exact) mass is 305 g/mol. The Balaban J connectivity index is 2.53. The normalized spacial score (nSPS) is 13.9. The molecule has 1 aromatic rings. The second kappa shape index (κ2) is 7.72. The van der Waals surface area contributed by atoms with E-state index in [4.69, 9.17) is 11.6 Å². The van der Waals surface area contributed by atoms with Crippen LogP contribution in [-0.2, 0) is 4.79 Å².